The average molecular weight is 420 g/mol. The highest BCUT2D eigenvalue weighted by Crippen LogP contribution is 2.38. The normalized spacial score (nSPS) is 19.9. The molecule has 0 aliphatic carbocycles. The van der Waals surface area contributed by atoms with Crippen LogP contribution in [0.25, 0.3) is 11.1 Å². The number of carboxylic acid groups (broad SMARTS) is 1. The van der Waals surface area contributed by atoms with Gasteiger partial charge in [-0.05, 0) is 37.1 Å². The number of aldehydes is 1. The zero-order chi connectivity index (χ0) is 20.5. The lowest BCUT2D eigenvalue weighted by Gasteiger charge is -2.42. The van der Waals surface area contributed by atoms with Crippen LogP contribution in [0, 0.1) is 0 Å². The Bertz CT molecular complexity index is 1000. The van der Waals surface area contributed by atoms with Gasteiger partial charge in [0.05, 0.1) is 4.90 Å². The van der Waals surface area contributed by atoms with Crippen molar-refractivity contribution in [2.75, 3.05) is 12.3 Å². The second-order valence-corrected chi connectivity index (χ2v) is 10.7. The second-order valence-electron chi connectivity index (χ2n) is 7.04. The maximum atomic E-state index is 13.2. The van der Waals surface area contributed by atoms with Gasteiger partial charge in [0.2, 0.25) is 10.0 Å². The van der Waals surface area contributed by atoms with Crippen molar-refractivity contribution in [2.24, 2.45) is 0 Å². The molecule has 0 bridgehead atoms. The van der Waals surface area contributed by atoms with Crippen LogP contribution >= 0.6 is 11.8 Å². The number of carbonyl (C=O) groups is 2. The maximum Gasteiger partial charge on any atom is 0.323 e. The molecule has 28 heavy (non-hydrogen) atoms. The molecule has 1 aliphatic heterocycles. The summed E-state index contributed by atoms with van der Waals surface area (Å²) in [5.74, 6) is -0.627. The minimum Gasteiger partial charge on any atom is -0.480 e. The van der Waals surface area contributed by atoms with E-state index in [2.05, 4.69) is 0 Å². The fraction of sp³-hybridized carbons (Fsp3) is 0.300. The smallest absolute Gasteiger partial charge is 0.323 e. The van der Waals surface area contributed by atoms with E-state index in [1.807, 2.05) is 0 Å². The summed E-state index contributed by atoms with van der Waals surface area (Å²) in [6, 6.07) is 12.1. The lowest BCUT2D eigenvalue weighted by Crippen LogP contribution is -2.58. The highest BCUT2D eigenvalue weighted by atomic mass is 32.2. The molecule has 0 spiro atoms. The van der Waals surface area contributed by atoms with Crippen molar-refractivity contribution in [3.63, 3.8) is 0 Å². The summed E-state index contributed by atoms with van der Waals surface area (Å²) in [5, 5.41) is 9.65. The number of hydrogen-bond acceptors (Lipinski definition) is 5. The number of sulfonamides is 1. The van der Waals surface area contributed by atoms with E-state index < -0.39 is 26.8 Å². The largest absolute Gasteiger partial charge is 0.480 e. The third-order valence-corrected chi connectivity index (χ3v) is 8.06. The SMILES string of the molecule is CC1(C)SCCN(S(=O)(=O)c2ccc(-c3ccccc3C=O)cc2)[C@H]1C(=O)O. The van der Waals surface area contributed by atoms with E-state index in [9.17, 15) is 23.1 Å². The Balaban J connectivity index is 1.98. The lowest BCUT2D eigenvalue weighted by atomic mass is 10.0. The summed E-state index contributed by atoms with van der Waals surface area (Å²) in [7, 11) is -3.97. The van der Waals surface area contributed by atoms with Gasteiger partial charge < -0.3 is 5.11 Å². The molecule has 0 unspecified atom stereocenters. The van der Waals surface area contributed by atoms with E-state index >= 15 is 0 Å². The quantitative estimate of drug-likeness (QED) is 0.749. The van der Waals surface area contributed by atoms with Crippen LogP contribution in [0.3, 0.4) is 0 Å². The molecule has 3 rings (SSSR count). The molecular weight excluding hydrogens is 398 g/mol. The van der Waals surface area contributed by atoms with Gasteiger partial charge in [0, 0.05) is 22.6 Å². The fourth-order valence-electron chi connectivity index (χ4n) is 3.44. The molecule has 0 radical (unpaired) electrons. The molecule has 1 heterocycles. The first-order valence-electron chi connectivity index (χ1n) is 8.72. The zero-order valence-electron chi connectivity index (χ0n) is 15.5. The standard InChI is InChI=1S/C20H21NO5S2/c1-20(2)18(19(23)24)21(11-12-27-20)28(25,26)16-9-7-14(8-10-16)17-6-4-3-5-15(17)13-22/h3-10,13,18H,11-12H2,1-2H3,(H,23,24)/t18-/m0/s1. The van der Waals surface area contributed by atoms with Crippen molar-refractivity contribution in [1.82, 2.24) is 4.31 Å². The van der Waals surface area contributed by atoms with Crippen molar-refractivity contribution < 1.29 is 23.1 Å². The second kappa shape index (κ2) is 7.69. The highest BCUT2D eigenvalue weighted by Gasteiger charge is 2.48. The number of hydrogen-bond donors (Lipinski definition) is 1. The molecular formula is C20H21NO5S2. The summed E-state index contributed by atoms with van der Waals surface area (Å²) < 4.78 is 26.7. The molecule has 0 aromatic heterocycles. The van der Waals surface area contributed by atoms with Crippen LogP contribution in [0.5, 0.6) is 0 Å². The third kappa shape index (κ3) is 3.72. The summed E-state index contributed by atoms with van der Waals surface area (Å²) in [6.45, 7) is 3.64. The van der Waals surface area contributed by atoms with Gasteiger partial charge in [-0.3, -0.25) is 9.59 Å². The van der Waals surface area contributed by atoms with Crippen LogP contribution in [-0.4, -0.2) is 53.2 Å². The Kier molecular flexibility index (Phi) is 5.65. The number of carbonyl (C=O) groups excluding carboxylic acids is 1. The van der Waals surface area contributed by atoms with Crippen molar-refractivity contribution in [3.05, 3.63) is 54.1 Å². The van der Waals surface area contributed by atoms with Crippen molar-refractivity contribution in [2.45, 2.75) is 29.5 Å². The Hall–Kier alpha value is -2.16. The molecule has 1 fully saturated rings. The first-order valence-corrected chi connectivity index (χ1v) is 11.1. The van der Waals surface area contributed by atoms with Gasteiger partial charge in [-0.1, -0.05) is 36.4 Å². The molecule has 2 aromatic rings. The number of carboxylic acids is 1. The number of thioether (sulfide) groups is 1. The number of rotatable bonds is 5. The summed E-state index contributed by atoms with van der Waals surface area (Å²) >= 11 is 1.46. The van der Waals surface area contributed by atoms with Crippen molar-refractivity contribution >= 4 is 34.0 Å². The van der Waals surface area contributed by atoms with E-state index in [0.717, 1.165) is 10.6 Å². The van der Waals surface area contributed by atoms with E-state index in [1.54, 1.807) is 50.2 Å². The van der Waals surface area contributed by atoms with Crippen molar-refractivity contribution in [3.8, 4) is 11.1 Å². The number of benzene rings is 2. The van der Waals surface area contributed by atoms with Gasteiger partial charge in [-0.2, -0.15) is 16.1 Å². The number of nitrogens with zero attached hydrogens (tertiary/aromatic N) is 1. The number of aliphatic carboxylic acids is 1. The molecule has 1 atom stereocenters. The molecule has 2 aromatic carbocycles. The zero-order valence-corrected chi connectivity index (χ0v) is 17.2. The van der Waals surface area contributed by atoms with Crippen LogP contribution in [0.1, 0.15) is 24.2 Å². The molecule has 0 amide bonds. The van der Waals surface area contributed by atoms with Gasteiger partial charge in [0.25, 0.3) is 0 Å². The first kappa shape index (κ1) is 20.6. The Morgan fingerprint density at radius 2 is 1.82 bits per heavy atom. The van der Waals surface area contributed by atoms with E-state index in [4.69, 9.17) is 0 Å². The fourth-order valence-corrected chi connectivity index (χ4v) is 6.53. The highest BCUT2D eigenvalue weighted by molar-refractivity contribution is 8.00. The van der Waals surface area contributed by atoms with Crippen LogP contribution in [0.2, 0.25) is 0 Å². The Labute approximate surface area is 168 Å². The summed E-state index contributed by atoms with van der Waals surface area (Å²) in [4.78, 5) is 23.1. The molecule has 1 aliphatic rings. The summed E-state index contributed by atoms with van der Waals surface area (Å²) in [5.41, 5.74) is 1.94. The van der Waals surface area contributed by atoms with Crippen LogP contribution in [0.4, 0.5) is 0 Å². The van der Waals surface area contributed by atoms with E-state index in [-0.39, 0.29) is 11.4 Å². The van der Waals surface area contributed by atoms with E-state index in [0.29, 0.717) is 22.4 Å². The predicted octanol–water partition coefficient (Wildman–Crippen LogP) is 3.14. The van der Waals surface area contributed by atoms with Crippen LogP contribution in [-0.2, 0) is 14.8 Å². The molecule has 0 saturated carbocycles. The van der Waals surface area contributed by atoms with Gasteiger partial charge in [0.15, 0.2) is 6.29 Å². The molecule has 8 heteroatoms. The van der Waals surface area contributed by atoms with Crippen molar-refractivity contribution in [1.29, 1.82) is 0 Å². The predicted molar refractivity (Wildman–Crippen MR) is 109 cm³/mol. The first-order chi connectivity index (χ1) is 13.2. The van der Waals surface area contributed by atoms with Gasteiger partial charge in [-0.15, -0.1) is 0 Å². The van der Waals surface area contributed by atoms with Gasteiger partial charge in [-0.25, -0.2) is 8.42 Å². The van der Waals surface area contributed by atoms with Crippen LogP contribution < -0.4 is 0 Å². The van der Waals surface area contributed by atoms with Gasteiger partial charge >= 0.3 is 5.97 Å². The molecule has 1 N–H and O–H groups in total. The average Bonchev–Trinajstić information content (AvgIpc) is 2.66. The molecule has 6 nitrogen and oxygen atoms in total. The summed E-state index contributed by atoms with van der Waals surface area (Å²) in [6.07, 6.45) is 0.755. The maximum absolute atomic E-state index is 13.2. The molecule has 148 valence electrons. The lowest BCUT2D eigenvalue weighted by molar-refractivity contribution is -0.142. The Morgan fingerprint density at radius 1 is 1.18 bits per heavy atom. The topological polar surface area (TPSA) is 91.8 Å². The monoisotopic (exact) mass is 419 g/mol. The Morgan fingerprint density at radius 3 is 2.43 bits per heavy atom. The third-order valence-electron chi connectivity index (χ3n) is 4.83. The molecule has 1 saturated heterocycles. The minimum atomic E-state index is -3.97. The van der Waals surface area contributed by atoms with E-state index in [1.165, 1.54) is 23.9 Å². The van der Waals surface area contributed by atoms with Crippen LogP contribution in [0.15, 0.2) is 53.4 Å². The minimum absolute atomic E-state index is 0.0359. The van der Waals surface area contributed by atoms with Gasteiger partial charge in [0.1, 0.15) is 6.04 Å².